The summed E-state index contributed by atoms with van der Waals surface area (Å²) in [6.07, 6.45) is 0.919. The predicted molar refractivity (Wildman–Crippen MR) is 91.8 cm³/mol. The van der Waals surface area contributed by atoms with Crippen molar-refractivity contribution < 1.29 is 0 Å². The minimum atomic E-state index is 0.527. The van der Waals surface area contributed by atoms with Crippen LogP contribution in [0.5, 0.6) is 0 Å². The van der Waals surface area contributed by atoms with Gasteiger partial charge in [0.05, 0.1) is 0 Å². The molecule has 0 spiro atoms. The highest BCUT2D eigenvalue weighted by atomic mass is 32.2. The van der Waals surface area contributed by atoms with Crippen LogP contribution in [0, 0.1) is 0 Å². The van der Waals surface area contributed by atoms with Crippen LogP contribution >= 0.6 is 11.8 Å². The Morgan fingerprint density at radius 2 is 1.67 bits per heavy atom. The SMILES string of the molecule is NC(=NCCc1ccccc1)NCCSc1ccccc1. The van der Waals surface area contributed by atoms with E-state index in [1.165, 1.54) is 10.5 Å². The summed E-state index contributed by atoms with van der Waals surface area (Å²) in [5.74, 6) is 1.50. The lowest BCUT2D eigenvalue weighted by molar-refractivity contribution is 0.910. The van der Waals surface area contributed by atoms with E-state index < -0.39 is 0 Å². The van der Waals surface area contributed by atoms with Crippen LogP contribution in [-0.2, 0) is 6.42 Å². The minimum Gasteiger partial charge on any atom is -0.370 e. The van der Waals surface area contributed by atoms with E-state index in [1.54, 1.807) is 0 Å². The Labute approximate surface area is 130 Å². The molecule has 0 fully saturated rings. The lowest BCUT2D eigenvalue weighted by Gasteiger charge is -2.05. The van der Waals surface area contributed by atoms with Gasteiger partial charge >= 0.3 is 0 Å². The molecule has 0 atom stereocenters. The fourth-order valence-electron chi connectivity index (χ4n) is 1.87. The highest BCUT2D eigenvalue weighted by Crippen LogP contribution is 2.15. The topological polar surface area (TPSA) is 50.4 Å². The molecule has 21 heavy (non-hydrogen) atoms. The van der Waals surface area contributed by atoms with Crippen molar-refractivity contribution in [2.75, 3.05) is 18.8 Å². The summed E-state index contributed by atoms with van der Waals surface area (Å²) in [7, 11) is 0. The standard InChI is InChI=1S/C17H21N3S/c18-17(19-12-11-15-7-3-1-4-8-15)20-13-14-21-16-9-5-2-6-10-16/h1-10H,11-14H2,(H3,18,19,20). The van der Waals surface area contributed by atoms with E-state index in [1.807, 2.05) is 36.0 Å². The molecule has 0 saturated heterocycles. The zero-order chi connectivity index (χ0) is 14.8. The fraction of sp³-hybridized carbons (Fsp3) is 0.235. The quantitative estimate of drug-likeness (QED) is 0.358. The second kappa shape index (κ2) is 9.08. The summed E-state index contributed by atoms with van der Waals surface area (Å²) in [4.78, 5) is 5.61. The van der Waals surface area contributed by atoms with E-state index in [2.05, 4.69) is 46.7 Å². The fourth-order valence-corrected chi connectivity index (χ4v) is 2.66. The normalized spacial score (nSPS) is 11.3. The van der Waals surface area contributed by atoms with E-state index in [-0.39, 0.29) is 0 Å². The average Bonchev–Trinajstić information content (AvgIpc) is 2.54. The van der Waals surface area contributed by atoms with Crippen LogP contribution in [0.1, 0.15) is 5.56 Å². The lowest BCUT2D eigenvalue weighted by atomic mass is 10.2. The Balaban J connectivity index is 1.60. The van der Waals surface area contributed by atoms with Crippen molar-refractivity contribution in [3.8, 4) is 0 Å². The average molecular weight is 299 g/mol. The second-order valence-electron chi connectivity index (χ2n) is 4.59. The van der Waals surface area contributed by atoms with E-state index in [0.717, 1.165) is 18.7 Å². The van der Waals surface area contributed by atoms with Crippen molar-refractivity contribution in [2.24, 2.45) is 10.7 Å². The molecule has 2 aromatic rings. The zero-order valence-electron chi connectivity index (χ0n) is 12.0. The van der Waals surface area contributed by atoms with Crippen LogP contribution in [0.25, 0.3) is 0 Å². The molecule has 0 aromatic heterocycles. The summed E-state index contributed by atoms with van der Waals surface area (Å²) in [6.45, 7) is 1.54. The number of rotatable bonds is 7. The first kappa shape index (κ1) is 15.4. The molecule has 0 bridgehead atoms. The van der Waals surface area contributed by atoms with Crippen molar-refractivity contribution >= 4 is 17.7 Å². The number of thioether (sulfide) groups is 1. The number of nitrogens with two attached hydrogens (primary N) is 1. The van der Waals surface area contributed by atoms with Gasteiger partial charge in [-0.15, -0.1) is 11.8 Å². The van der Waals surface area contributed by atoms with E-state index >= 15 is 0 Å². The third kappa shape index (κ3) is 6.36. The van der Waals surface area contributed by atoms with Crippen LogP contribution < -0.4 is 11.1 Å². The molecular weight excluding hydrogens is 278 g/mol. The molecule has 0 saturated carbocycles. The summed E-state index contributed by atoms with van der Waals surface area (Å²) in [6, 6.07) is 20.7. The highest BCUT2D eigenvalue weighted by Gasteiger charge is 1.95. The minimum absolute atomic E-state index is 0.527. The first-order chi connectivity index (χ1) is 10.3. The van der Waals surface area contributed by atoms with Crippen molar-refractivity contribution in [1.82, 2.24) is 5.32 Å². The second-order valence-corrected chi connectivity index (χ2v) is 5.76. The van der Waals surface area contributed by atoms with Crippen LogP contribution in [0.2, 0.25) is 0 Å². The van der Waals surface area contributed by atoms with Crippen molar-refractivity contribution in [3.05, 3.63) is 66.2 Å². The van der Waals surface area contributed by atoms with E-state index in [4.69, 9.17) is 5.73 Å². The van der Waals surface area contributed by atoms with Gasteiger partial charge in [-0.1, -0.05) is 48.5 Å². The summed E-state index contributed by atoms with van der Waals surface area (Å²) < 4.78 is 0. The van der Waals surface area contributed by atoms with Gasteiger partial charge in [0.15, 0.2) is 5.96 Å². The van der Waals surface area contributed by atoms with Crippen molar-refractivity contribution in [2.45, 2.75) is 11.3 Å². The largest absolute Gasteiger partial charge is 0.370 e. The van der Waals surface area contributed by atoms with Gasteiger partial charge in [-0.2, -0.15) is 0 Å². The number of nitrogens with zero attached hydrogens (tertiary/aromatic N) is 1. The molecule has 3 N–H and O–H groups in total. The predicted octanol–water partition coefficient (Wildman–Crippen LogP) is 2.93. The zero-order valence-corrected chi connectivity index (χ0v) is 12.9. The van der Waals surface area contributed by atoms with Crippen LogP contribution in [0.15, 0.2) is 70.6 Å². The van der Waals surface area contributed by atoms with Gasteiger partial charge in [-0.05, 0) is 24.1 Å². The maximum atomic E-state index is 5.85. The number of nitrogens with one attached hydrogen (secondary N) is 1. The summed E-state index contributed by atoms with van der Waals surface area (Å²) in [5, 5.41) is 3.15. The molecule has 2 rings (SSSR count). The van der Waals surface area contributed by atoms with Gasteiger partial charge in [-0.25, -0.2) is 0 Å². The van der Waals surface area contributed by atoms with Crippen molar-refractivity contribution in [3.63, 3.8) is 0 Å². The molecule has 0 radical (unpaired) electrons. The molecule has 0 unspecified atom stereocenters. The molecule has 0 aliphatic heterocycles. The molecule has 4 heteroatoms. The van der Waals surface area contributed by atoms with Crippen LogP contribution in [-0.4, -0.2) is 24.8 Å². The van der Waals surface area contributed by atoms with Gasteiger partial charge in [0, 0.05) is 23.7 Å². The third-order valence-electron chi connectivity index (χ3n) is 2.95. The molecule has 0 heterocycles. The number of benzene rings is 2. The lowest BCUT2D eigenvalue weighted by Crippen LogP contribution is -2.33. The smallest absolute Gasteiger partial charge is 0.188 e. The number of guanidine groups is 1. The Morgan fingerprint density at radius 1 is 1.00 bits per heavy atom. The third-order valence-corrected chi connectivity index (χ3v) is 3.96. The molecule has 3 nitrogen and oxygen atoms in total. The first-order valence-corrected chi connectivity index (χ1v) is 8.09. The summed E-state index contributed by atoms with van der Waals surface area (Å²) >= 11 is 1.81. The Morgan fingerprint density at radius 3 is 2.38 bits per heavy atom. The molecule has 0 amide bonds. The van der Waals surface area contributed by atoms with Gasteiger partial charge in [0.2, 0.25) is 0 Å². The van der Waals surface area contributed by atoms with Crippen LogP contribution in [0.3, 0.4) is 0 Å². The maximum absolute atomic E-state index is 5.85. The number of hydrogen-bond acceptors (Lipinski definition) is 2. The Bertz CT molecular complexity index is 540. The maximum Gasteiger partial charge on any atom is 0.188 e. The van der Waals surface area contributed by atoms with E-state index in [0.29, 0.717) is 12.5 Å². The van der Waals surface area contributed by atoms with Gasteiger partial charge in [0.1, 0.15) is 0 Å². The molecule has 110 valence electrons. The first-order valence-electron chi connectivity index (χ1n) is 7.10. The van der Waals surface area contributed by atoms with Gasteiger partial charge in [-0.3, -0.25) is 4.99 Å². The monoisotopic (exact) mass is 299 g/mol. The number of hydrogen-bond donors (Lipinski definition) is 2. The number of aliphatic imine (C=N–C) groups is 1. The molecule has 2 aromatic carbocycles. The van der Waals surface area contributed by atoms with Gasteiger partial charge < -0.3 is 11.1 Å². The Kier molecular flexibility index (Phi) is 6.68. The molecule has 0 aliphatic rings. The molecule has 0 aliphatic carbocycles. The van der Waals surface area contributed by atoms with E-state index in [9.17, 15) is 0 Å². The molecular formula is C17H21N3S. The Hall–Kier alpha value is -1.94. The van der Waals surface area contributed by atoms with Gasteiger partial charge in [0.25, 0.3) is 0 Å². The van der Waals surface area contributed by atoms with Crippen LogP contribution in [0.4, 0.5) is 0 Å². The summed E-state index contributed by atoms with van der Waals surface area (Å²) in [5.41, 5.74) is 7.13. The van der Waals surface area contributed by atoms with Crippen molar-refractivity contribution in [1.29, 1.82) is 0 Å². The highest BCUT2D eigenvalue weighted by molar-refractivity contribution is 7.99.